The Labute approximate surface area is 157 Å². The van der Waals surface area contributed by atoms with Gasteiger partial charge in [0.05, 0.1) is 11.5 Å². The molecule has 26 heavy (non-hydrogen) atoms. The lowest BCUT2D eigenvalue weighted by atomic mass is 10.0. The Bertz CT molecular complexity index is 833. The van der Waals surface area contributed by atoms with Gasteiger partial charge in [0.15, 0.2) is 0 Å². The molecule has 0 radical (unpaired) electrons. The van der Waals surface area contributed by atoms with E-state index < -0.39 is 25.3 Å². The van der Waals surface area contributed by atoms with Crippen LogP contribution in [0.15, 0.2) is 24.3 Å². The fraction of sp³-hybridized carbons (Fsp3) is 0.556. The third-order valence-corrected chi connectivity index (χ3v) is 6.31. The van der Waals surface area contributed by atoms with E-state index in [0.29, 0.717) is 25.9 Å². The van der Waals surface area contributed by atoms with E-state index in [-0.39, 0.29) is 5.92 Å². The summed E-state index contributed by atoms with van der Waals surface area (Å²) in [6.45, 7) is 6.02. The van der Waals surface area contributed by atoms with Gasteiger partial charge in [0.1, 0.15) is 0 Å². The van der Waals surface area contributed by atoms with Gasteiger partial charge in [-0.05, 0) is 43.9 Å². The standard InChI is InChI=1S/C18H28N2O4S2/c1-15(2)26(23,24)20-14-16(3)18-11-9-17(10-12-18)8-6-5-7-13-19-25(4,21)22/h9-12,15-16,19-20H,5,7,13-14H2,1-4H3. The van der Waals surface area contributed by atoms with Gasteiger partial charge in [-0.2, -0.15) is 0 Å². The summed E-state index contributed by atoms with van der Waals surface area (Å²) in [5, 5.41) is -0.444. The Hall–Kier alpha value is -1.40. The van der Waals surface area contributed by atoms with Crippen molar-refractivity contribution < 1.29 is 16.8 Å². The van der Waals surface area contributed by atoms with Crippen LogP contribution in [0.3, 0.4) is 0 Å². The Morgan fingerprint density at radius 2 is 1.62 bits per heavy atom. The number of unbranched alkanes of at least 4 members (excludes halogenated alkanes) is 1. The lowest BCUT2D eigenvalue weighted by molar-refractivity contribution is 0.566. The highest BCUT2D eigenvalue weighted by Gasteiger charge is 2.16. The molecule has 1 aromatic rings. The van der Waals surface area contributed by atoms with E-state index in [2.05, 4.69) is 21.3 Å². The van der Waals surface area contributed by atoms with Crippen molar-refractivity contribution in [2.24, 2.45) is 0 Å². The first-order chi connectivity index (χ1) is 12.0. The first-order valence-corrected chi connectivity index (χ1v) is 12.0. The summed E-state index contributed by atoms with van der Waals surface area (Å²) in [5.74, 6) is 6.12. The summed E-state index contributed by atoms with van der Waals surface area (Å²) < 4.78 is 50.5. The third kappa shape index (κ3) is 8.81. The van der Waals surface area contributed by atoms with Gasteiger partial charge in [0.25, 0.3) is 0 Å². The van der Waals surface area contributed by atoms with Gasteiger partial charge in [-0.15, -0.1) is 0 Å². The van der Waals surface area contributed by atoms with Gasteiger partial charge in [0.2, 0.25) is 20.0 Å². The summed E-state index contributed by atoms with van der Waals surface area (Å²) >= 11 is 0. The van der Waals surface area contributed by atoms with Gasteiger partial charge in [0, 0.05) is 25.1 Å². The van der Waals surface area contributed by atoms with Gasteiger partial charge >= 0.3 is 0 Å². The fourth-order valence-corrected chi connectivity index (χ4v) is 3.35. The predicted octanol–water partition coefficient (Wildman–Crippen LogP) is 1.80. The Balaban J connectivity index is 2.49. The molecule has 0 amide bonds. The van der Waals surface area contributed by atoms with E-state index >= 15 is 0 Å². The highest BCUT2D eigenvalue weighted by Crippen LogP contribution is 2.15. The molecule has 1 aromatic carbocycles. The summed E-state index contributed by atoms with van der Waals surface area (Å²) in [5.41, 5.74) is 1.92. The first-order valence-electron chi connectivity index (χ1n) is 8.53. The Morgan fingerprint density at radius 3 is 2.15 bits per heavy atom. The molecule has 0 aliphatic carbocycles. The molecule has 0 aromatic heterocycles. The zero-order chi connectivity index (χ0) is 19.8. The monoisotopic (exact) mass is 400 g/mol. The molecule has 0 spiro atoms. The molecule has 146 valence electrons. The molecule has 2 N–H and O–H groups in total. The maximum Gasteiger partial charge on any atom is 0.213 e. The van der Waals surface area contributed by atoms with Crippen molar-refractivity contribution in [3.63, 3.8) is 0 Å². The SMILES string of the molecule is CC(CNS(=O)(=O)C(C)C)c1ccc(C#CCCCNS(C)(=O)=O)cc1. The van der Waals surface area contributed by atoms with E-state index in [1.807, 2.05) is 31.2 Å². The van der Waals surface area contributed by atoms with Crippen molar-refractivity contribution >= 4 is 20.0 Å². The largest absolute Gasteiger partial charge is 0.215 e. The predicted molar refractivity (Wildman–Crippen MR) is 106 cm³/mol. The van der Waals surface area contributed by atoms with Crippen molar-refractivity contribution in [3.8, 4) is 11.8 Å². The van der Waals surface area contributed by atoms with Gasteiger partial charge in [-0.25, -0.2) is 26.3 Å². The van der Waals surface area contributed by atoms with Crippen LogP contribution in [0.5, 0.6) is 0 Å². The number of hydrogen-bond donors (Lipinski definition) is 2. The molecule has 1 rings (SSSR count). The van der Waals surface area contributed by atoms with E-state index in [0.717, 1.165) is 17.4 Å². The minimum Gasteiger partial charge on any atom is -0.215 e. The highest BCUT2D eigenvalue weighted by atomic mass is 32.2. The summed E-state index contributed by atoms with van der Waals surface area (Å²) in [7, 11) is -6.39. The van der Waals surface area contributed by atoms with Crippen LogP contribution in [0.1, 0.15) is 50.7 Å². The van der Waals surface area contributed by atoms with E-state index in [9.17, 15) is 16.8 Å². The van der Waals surface area contributed by atoms with Crippen molar-refractivity contribution in [1.29, 1.82) is 0 Å². The molecule has 0 aliphatic rings. The van der Waals surface area contributed by atoms with Crippen LogP contribution in [0.25, 0.3) is 0 Å². The molecular weight excluding hydrogens is 372 g/mol. The molecule has 0 bridgehead atoms. The maximum absolute atomic E-state index is 11.8. The second kappa shape index (κ2) is 10.1. The number of rotatable bonds is 9. The minimum absolute atomic E-state index is 0.0626. The molecule has 1 atom stereocenters. The van der Waals surface area contributed by atoms with Crippen molar-refractivity contribution in [1.82, 2.24) is 9.44 Å². The molecule has 0 aliphatic heterocycles. The van der Waals surface area contributed by atoms with Crippen LogP contribution in [0.4, 0.5) is 0 Å². The van der Waals surface area contributed by atoms with Crippen molar-refractivity contribution in [3.05, 3.63) is 35.4 Å². The summed E-state index contributed by atoms with van der Waals surface area (Å²) in [6.07, 6.45) is 2.40. The van der Waals surface area contributed by atoms with E-state index in [1.165, 1.54) is 0 Å². The molecule has 0 heterocycles. The number of nitrogens with one attached hydrogen (secondary N) is 2. The molecular formula is C18H28N2O4S2. The smallest absolute Gasteiger partial charge is 0.213 e. The maximum atomic E-state index is 11.8. The van der Waals surface area contributed by atoms with Gasteiger partial charge in [-0.3, -0.25) is 0 Å². The van der Waals surface area contributed by atoms with Crippen LogP contribution >= 0.6 is 0 Å². The Morgan fingerprint density at radius 1 is 1.00 bits per heavy atom. The molecule has 0 fully saturated rings. The summed E-state index contributed by atoms with van der Waals surface area (Å²) in [6, 6.07) is 7.71. The number of hydrogen-bond acceptors (Lipinski definition) is 4. The lowest BCUT2D eigenvalue weighted by Gasteiger charge is -2.15. The fourth-order valence-electron chi connectivity index (χ4n) is 2.02. The zero-order valence-electron chi connectivity index (χ0n) is 15.7. The average molecular weight is 401 g/mol. The first kappa shape index (κ1) is 22.6. The van der Waals surface area contributed by atoms with Crippen LogP contribution < -0.4 is 9.44 Å². The second-order valence-corrected chi connectivity index (χ2v) is 10.7. The lowest BCUT2D eigenvalue weighted by Crippen LogP contribution is -2.33. The van der Waals surface area contributed by atoms with E-state index in [4.69, 9.17) is 0 Å². The third-order valence-electron chi connectivity index (χ3n) is 3.77. The van der Waals surface area contributed by atoms with Crippen molar-refractivity contribution in [2.45, 2.75) is 44.8 Å². The van der Waals surface area contributed by atoms with Crippen LogP contribution in [0.2, 0.25) is 0 Å². The molecule has 0 saturated heterocycles. The molecule has 0 saturated carbocycles. The van der Waals surface area contributed by atoms with E-state index in [1.54, 1.807) is 13.8 Å². The Kier molecular flexibility index (Phi) is 8.77. The zero-order valence-corrected chi connectivity index (χ0v) is 17.4. The second-order valence-electron chi connectivity index (χ2n) is 6.54. The topological polar surface area (TPSA) is 92.3 Å². The molecule has 8 heteroatoms. The van der Waals surface area contributed by atoms with Crippen LogP contribution in [-0.2, 0) is 20.0 Å². The summed E-state index contributed by atoms with van der Waals surface area (Å²) in [4.78, 5) is 0. The highest BCUT2D eigenvalue weighted by molar-refractivity contribution is 7.90. The quantitative estimate of drug-likeness (QED) is 0.488. The molecule has 1 unspecified atom stereocenters. The minimum atomic E-state index is -3.25. The van der Waals surface area contributed by atoms with Crippen LogP contribution in [0, 0.1) is 11.8 Å². The van der Waals surface area contributed by atoms with Crippen molar-refractivity contribution in [2.75, 3.05) is 19.3 Å². The number of benzene rings is 1. The average Bonchev–Trinajstić information content (AvgIpc) is 2.55. The van der Waals surface area contributed by atoms with Gasteiger partial charge in [-0.1, -0.05) is 30.9 Å². The normalized spacial score (nSPS) is 13.3. The number of sulfonamides is 2. The van der Waals surface area contributed by atoms with Crippen LogP contribution in [-0.4, -0.2) is 41.4 Å². The van der Waals surface area contributed by atoms with Gasteiger partial charge < -0.3 is 0 Å². The molecule has 6 nitrogen and oxygen atoms in total.